The molecule has 8 aromatic rings. The van der Waals surface area contributed by atoms with Crippen LogP contribution in [0.25, 0.3) is 76.1 Å². The van der Waals surface area contributed by atoms with Crippen molar-refractivity contribution in [1.29, 1.82) is 0 Å². The Hall–Kier alpha value is -4.94. The van der Waals surface area contributed by atoms with Crippen LogP contribution in [-0.4, -0.2) is 0 Å². The van der Waals surface area contributed by atoms with Crippen molar-refractivity contribution in [3.05, 3.63) is 145 Å². The molecule has 0 aliphatic rings. The zero-order chi connectivity index (χ0) is 28.4. The van der Waals surface area contributed by atoms with Crippen LogP contribution in [0.15, 0.2) is 140 Å². The fraction of sp³-hybridized carbons (Fsp3) is 0.0952. The maximum absolute atomic E-state index is 2.46. The topological polar surface area (TPSA) is 0 Å². The summed E-state index contributed by atoms with van der Waals surface area (Å²) in [5.41, 5.74) is 6.59. The average molecular weight is 537 g/mol. The standard InChI is InChI=1S/C42H32/c1-42(2,3)29-23-25-38-39(26-29)41(34-20-10-14-27-12-4-7-16-31(27)34)37-18-9-8-17-36(37)40(38)35-21-11-19-32-30-15-6-5-13-28(30)22-24-33(32)35/h4-26H,1-3H3. The quantitative estimate of drug-likeness (QED) is 0.152. The Morgan fingerprint density at radius 1 is 0.333 bits per heavy atom. The molecule has 0 nitrogen and oxygen atoms in total. The molecule has 0 fully saturated rings. The molecule has 0 N–H and O–H groups in total. The summed E-state index contributed by atoms with van der Waals surface area (Å²) < 4.78 is 0. The van der Waals surface area contributed by atoms with Crippen LogP contribution >= 0.6 is 0 Å². The highest BCUT2D eigenvalue weighted by atomic mass is 14.2. The molecule has 0 spiro atoms. The van der Waals surface area contributed by atoms with Crippen molar-refractivity contribution in [3.63, 3.8) is 0 Å². The molecule has 8 rings (SSSR count). The van der Waals surface area contributed by atoms with Crippen LogP contribution in [-0.2, 0) is 5.41 Å². The van der Waals surface area contributed by atoms with Gasteiger partial charge in [-0.15, -0.1) is 0 Å². The molecule has 0 atom stereocenters. The van der Waals surface area contributed by atoms with E-state index in [1.165, 1.54) is 81.7 Å². The lowest BCUT2D eigenvalue weighted by molar-refractivity contribution is 0.591. The Balaban J connectivity index is 1.58. The third-order valence-electron chi connectivity index (χ3n) is 9.00. The SMILES string of the molecule is CC(C)(C)c1ccc2c(-c3cccc4c3ccc3ccccc34)c3ccccc3c(-c3cccc4ccccc34)c2c1. The zero-order valence-electron chi connectivity index (χ0n) is 24.3. The van der Waals surface area contributed by atoms with Gasteiger partial charge in [-0.2, -0.15) is 0 Å². The molecule has 0 heterocycles. The molecule has 0 saturated carbocycles. The van der Waals surface area contributed by atoms with E-state index < -0.39 is 0 Å². The molecule has 0 aliphatic heterocycles. The molecule has 200 valence electrons. The number of hydrogen-bond donors (Lipinski definition) is 0. The van der Waals surface area contributed by atoms with Gasteiger partial charge in [0.15, 0.2) is 0 Å². The summed E-state index contributed by atoms with van der Waals surface area (Å²) in [5.74, 6) is 0. The highest BCUT2D eigenvalue weighted by Gasteiger charge is 2.22. The predicted molar refractivity (Wildman–Crippen MR) is 184 cm³/mol. The van der Waals surface area contributed by atoms with E-state index in [9.17, 15) is 0 Å². The fourth-order valence-electron chi connectivity index (χ4n) is 6.93. The van der Waals surface area contributed by atoms with E-state index in [0.29, 0.717) is 0 Å². The van der Waals surface area contributed by atoms with Crippen molar-refractivity contribution in [3.8, 4) is 22.3 Å². The zero-order valence-corrected chi connectivity index (χ0v) is 24.3. The lowest BCUT2D eigenvalue weighted by atomic mass is 9.80. The largest absolute Gasteiger partial charge is 0.0616 e. The van der Waals surface area contributed by atoms with Crippen LogP contribution in [0.3, 0.4) is 0 Å². The van der Waals surface area contributed by atoms with Crippen molar-refractivity contribution in [1.82, 2.24) is 0 Å². The van der Waals surface area contributed by atoms with Crippen molar-refractivity contribution in [2.24, 2.45) is 0 Å². The molecule has 8 aromatic carbocycles. The van der Waals surface area contributed by atoms with Crippen LogP contribution in [0, 0.1) is 0 Å². The Labute approximate surface area is 246 Å². The Morgan fingerprint density at radius 3 is 1.52 bits per heavy atom. The van der Waals surface area contributed by atoms with Gasteiger partial charge in [0.05, 0.1) is 0 Å². The number of benzene rings is 8. The molecule has 0 aromatic heterocycles. The summed E-state index contributed by atoms with van der Waals surface area (Å²) in [7, 11) is 0. The maximum Gasteiger partial charge on any atom is -0.00200 e. The predicted octanol–water partition coefficient (Wildman–Crippen LogP) is 12.1. The molecule has 0 aliphatic carbocycles. The van der Waals surface area contributed by atoms with E-state index in [0.717, 1.165) is 0 Å². The van der Waals surface area contributed by atoms with Gasteiger partial charge in [0, 0.05) is 0 Å². The highest BCUT2D eigenvalue weighted by Crippen LogP contribution is 2.47. The van der Waals surface area contributed by atoms with Crippen molar-refractivity contribution in [2.45, 2.75) is 26.2 Å². The number of hydrogen-bond acceptors (Lipinski definition) is 0. The second-order valence-corrected chi connectivity index (χ2v) is 12.5. The molecule has 0 saturated heterocycles. The molecule has 0 radical (unpaired) electrons. The van der Waals surface area contributed by atoms with Gasteiger partial charge < -0.3 is 0 Å². The maximum atomic E-state index is 2.46. The number of rotatable bonds is 2. The Morgan fingerprint density at radius 2 is 0.810 bits per heavy atom. The van der Waals surface area contributed by atoms with Gasteiger partial charge in [-0.3, -0.25) is 0 Å². The molecule has 42 heavy (non-hydrogen) atoms. The van der Waals surface area contributed by atoms with Crippen molar-refractivity contribution >= 4 is 53.9 Å². The van der Waals surface area contributed by atoms with E-state index in [1.54, 1.807) is 0 Å². The molecule has 0 heteroatoms. The van der Waals surface area contributed by atoms with Crippen LogP contribution in [0.1, 0.15) is 26.3 Å². The lowest BCUT2D eigenvalue weighted by Gasteiger charge is -2.24. The van der Waals surface area contributed by atoms with Gasteiger partial charge in [0.2, 0.25) is 0 Å². The summed E-state index contributed by atoms with van der Waals surface area (Å²) in [4.78, 5) is 0. The minimum atomic E-state index is 0.0361. The van der Waals surface area contributed by atoms with Crippen LogP contribution in [0.2, 0.25) is 0 Å². The third kappa shape index (κ3) is 3.76. The van der Waals surface area contributed by atoms with Crippen LogP contribution in [0.5, 0.6) is 0 Å². The van der Waals surface area contributed by atoms with E-state index in [1.807, 2.05) is 0 Å². The summed E-state index contributed by atoms with van der Waals surface area (Å²) in [5, 5.41) is 12.9. The smallest absolute Gasteiger partial charge is 0.00200 e. The van der Waals surface area contributed by atoms with E-state index in [4.69, 9.17) is 0 Å². The van der Waals surface area contributed by atoms with E-state index in [2.05, 4.69) is 160 Å². The van der Waals surface area contributed by atoms with Gasteiger partial charge in [-0.25, -0.2) is 0 Å². The third-order valence-corrected chi connectivity index (χ3v) is 9.00. The first kappa shape index (κ1) is 24.8. The molecular formula is C42H32. The van der Waals surface area contributed by atoms with Crippen LogP contribution in [0.4, 0.5) is 0 Å². The first-order valence-electron chi connectivity index (χ1n) is 14.9. The van der Waals surface area contributed by atoms with E-state index in [-0.39, 0.29) is 5.41 Å². The minimum absolute atomic E-state index is 0.0361. The van der Waals surface area contributed by atoms with Crippen LogP contribution < -0.4 is 0 Å². The lowest BCUT2D eigenvalue weighted by Crippen LogP contribution is -2.10. The van der Waals surface area contributed by atoms with Gasteiger partial charge >= 0.3 is 0 Å². The summed E-state index contributed by atoms with van der Waals surface area (Å²) in [6.07, 6.45) is 0. The minimum Gasteiger partial charge on any atom is -0.0616 e. The summed E-state index contributed by atoms with van der Waals surface area (Å²) in [6.45, 7) is 6.93. The molecular weight excluding hydrogens is 504 g/mol. The Bertz CT molecular complexity index is 2320. The van der Waals surface area contributed by atoms with Gasteiger partial charge in [-0.05, 0) is 93.2 Å². The van der Waals surface area contributed by atoms with Gasteiger partial charge in [0.25, 0.3) is 0 Å². The first-order chi connectivity index (χ1) is 20.5. The van der Waals surface area contributed by atoms with Gasteiger partial charge in [-0.1, -0.05) is 154 Å². The monoisotopic (exact) mass is 536 g/mol. The van der Waals surface area contributed by atoms with Gasteiger partial charge in [0.1, 0.15) is 0 Å². The van der Waals surface area contributed by atoms with Crippen molar-refractivity contribution < 1.29 is 0 Å². The Kier molecular flexibility index (Phi) is 5.49. The number of fused-ring (bicyclic) bond motifs is 6. The molecule has 0 bridgehead atoms. The summed E-state index contributed by atoms with van der Waals surface area (Å²) >= 11 is 0. The fourth-order valence-corrected chi connectivity index (χ4v) is 6.93. The second kappa shape index (κ2) is 9.29. The molecule has 0 unspecified atom stereocenters. The highest BCUT2D eigenvalue weighted by molar-refractivity contribution is 6.26. The molecule has 0 amide bonds. The first-order valence-corrected chi connectivity index (χ1v) is 14.9. The summed E-state index contributed by atoms with van der Waals surface area (Å²) in [6, 6.07) is 51.8. The van der Waals surface area contributed by atoms with E-state index >= 15 is 0 Å². The second-order valence-electron chi connectivity index (χ2n) is 12.5. The van der Waals surface area contributed by atoms with Crippen molar-refractivity contribution in [2.75, 3.05) is 0 Å². The normalized spacial score (nSPS) is 12.2. The average Bonchev–Trinajstić information content (AvgIpc) is 3.02.